The lowest BCUT2D eigenvalue weighted by molar-refractivity contribution is -0.170. The number of rotatable bonds is 3. The molecule has 1 N–H and O–H groups in total. The molecule has 0 aromatic rings. The van der Waals surface area contributed by atoms with E-state index >= 15 is 0 Å². The zero-order chi connectivity index (χ0) is 9.19. The Morgan fingerprint density at radius 3 is 2.75 bits per heavy atom. The number of carbonyl (C=O) groups excluding carboxylic acids is 2. The Kier molecular flexibility index (Phi) is 2.12. The van der Waals surface area contributed by atoms with Crippen molar-refractivity contribution in [1.82, 2.24) is 0 Å². The molecule has 0 radical (unpaired) electrons. The van der Waals surface area contributed by atoms with Crippen LogP contribution < -0.4 is 0 Å². The number of esters is 1. The van der Waals surface area contributed by atoms with Crippen LogP contribution in [0.5, 0.6) is 0 Å². The normalized spacial score (nSPS) is 28.2. The highest BCUT2D eigenvalue weighted by atomic mass is 16.6. The molecular formula is C7H8O5. The smallest absolute Gasteiger partial charge is 0.348 e. The first-order valence-electron chi connectivity index (χ1n) is 3.49. The van der Waals surface area contributed by atoms with Gasteiger partial charge in [-0.1, -0.05) is 0 Å². The fourth-order valence-electron chi connectivity index (χ4n) is 1.14. The van der Waals surface area contributed by atoms with Gasteiger partial charge in [-0.15, -0.1) is 0 Å². The predicted octanol–water partition coefficient (Wildman–Crippen LogP) is -0.264. The molecule has 1 aliphatic rings. The van der Waals surface area contributed by atoms with Crippen LogP contribution in [0, 0.1) is 0 Å². The van der Waals surface area contributed by atoms with Crippen molar-refractivity contribution in [3.8, 4) is 0 Å². The van der Waals surface area contributed by atoms with Gasteiger partial charge < -0.3 is 14.6 Å². The molecule has 0 aromatic carbocycles. The molecule has 1 heterocycles. The van der Waals surface area contributed by atoms with E-state index in [0.717, 1.165) is 0 Å². The fourth-order valence-corrected chi connectivity index (χ4v) is 1.14. The Labute approximate surface area is 68.3 Å². The van der Waals surface area contributed by atoms with Crippen molar-refractivity contribution >= 4 is 18.2 Å². The Bertz CT molecular complexity index is 234. The Morgan fingerprint density at radius 1 is 1.75 bits per heavy atom. The van der Waals surface area contributed by atoms with Crippen molar-refractivity contribution in [2.75, 3.05) is 0 Å². The second-order valence-corrected chi connectivity index (χ2v) is 2.64. The first-order chi connectivity index (χ1) is 5.60. The summed E-state index contributed by atoms with van der Waals surface area (Å²) < 4.78 is 4.58. The standard InChI is InChI=1S/C7H8O5/c8-4-3-7(6(10)11)2-1-5(9)12-7/h4H,1-3H2,(H,10,11). The number of ether oxygens (including phenoxy) is 1. The molecule has 0 aliphatic carbocycles. The molecule has 5 nitrogen and oxygen atoms in total. The van der Waals surface area contributed by atoms with E-state index in [4.69, 9.17) is 5.11 Å². The van der Waals surface area contributed by atoms with Gasteiger partial charge in [0.2, 0.25) is 5.60 Å². The van der Waals surface area contributed by atoms with Gasteiger partial charge in [-0.05, 0) is 0 Å². The third kappa shape index (κ3) is 1.30. The number of carboxylic acids is 1. The molecule has 12 heavy (non-hydrogen) atoms. The largest absolute Gasteiger partial charge is 0.478 e. The number of carboxylic acid groups (broad SMARTS) is 1. The van der Waals surface area contributed by atoms with E-state index in [9.17, 15) is 14.4 Å². The van der Waals surface area contributed by atoms with E-state index in [1.807, 2.05) is 0 Å². The van der Waals surface area contributed by atoms with Crippen molar-refractivity contribution in [3.05, 3.63) is 0 Å². The summed E-state index contributed by atoms with van der Waals surface area (Å²) in [6.45, 7) is 0. The average molecular weight is 172 g/mol. The molecular weight excluding hydrogens is 164 g/mol. The lowest BCUT2D eigenvalue weighted by atomic mass is 9.97. The SMILES string of the molecule is O=CCC1(C(=O)O)CCC(=O)O1. The van der Waals surface area contributed by atoms with E-state index < -0.39 is 17.5 Å². The number of hydrogen-bond donors (Lipinski definition) is 1. The van der Waals surface area contributed by atoms with E-state index in [0.29, 0.717) is 6.29 Å². The highest BCUT2D eigenvalue weighted by Crippen LogP contribution is 2.29. The van der Waals surface area contributed by atoms with Gasteiger partial charge in [0.05, 0.1) is 6.42 Å². The summed E-state index contributed by atoms with van der Waals surface area (Å²) in [5, 5.41) is 8.68. The number of aliphatic carboxylic acids is 1. The quantitative estimate of drug-likeness (QED) is 0.468. The van der Waals surface area contributed by atoms with Crippen LogP contribution in [0.3, 0.4) is 0 Å². The molecule has 1 aliphatic heterocycles. The van der Waals surface area contributed by atoms with E-state index in [1.54, 1.807) is 0 Å². The Hall–Kier alpha value is -1.39. The second kappa shape index (κ2) is 2.92. The van der Waals surface area contributed by atoms with Crippen molar-refractivity contribution in [2.24, 2.45) is 0 Å². The van der Waals surface area contributed by atoms with Crippen molar-refractivity contribution in [2.45, 2.75) is 24.9 Å². The highest BCUT2D eigenvalue weighted by Gasteiger charge is 2.47. The summed E-state index contributed by atoms with van der Waals surface area (Å²) in [4.78, 5) is 31.4. The summed E-state index contributed by atoms with van der Waals surface area (Å²) >= 11 is 0. The van der Waals surface area contributed by atoms with E-state index in [1.165, 1.54) is 0 Å². The van der Waals surface area contributed by atoms with Gasteiger partial charge >= 0.3 is 11.9 Å². The topological polar surface area (TPSA) is 80.7 Å². The lowest BCUT2D eigenvalue weighted by Crippen LogP contribution is -2.38. The molecule has 5 heteroatoms. The van der Waals surface area contributed by atoms with Gasteiger partial charge in [-0.2, -0.15) is 0 Å². The van der Waals surface area contributed by atoms with Crippen molar-refractivity contribution in [3.63, 3.8) is 0 Å². The van der Waals surface area contributed by atoms with Gasteiger partial charge in [0.15, 0.2) is 0 Å². The number of hydrogen-bond acceptors (Lipinski definition) is 4. The van der Waals surface area contributed by atoms with Gasteiger partial charge in [-0.3, -0.25) is 4.79 Å². The van der Waals surface area contributed by atoms with Gasteiger partial charge in [0.25, 0.3) is 0 Å². The lowest BCUT2D eigenvalue weighted by Gasteiger charge is -2.19. The summed E-state index contributed by atoms with van der Waals surface area (Å²) in [5.74, 6) is -1.81. The molecule has 0 saturated carbocycles. The monoisotopic (exact) mass is 172 g/mol. The summed E-state index contributed by atoms with van der Waals surface area (Å²) in [5.41, 5.74) is -1.58. The number of carbonyl (C=O) groups is 3. The second-order valence-electron chi connectivity index (χ2n) is 2.64. The highest BCUT2D eigenvalue weighted by molar-refractivity contribution is 5.87. The van der Waals surface area contributed by atoms with Crippen LogP contribution in [-0.4, -0.2) is 28.9 Å². The zero-order valence-corrected chi connectivity index (χ0v) is 6.28. The maximum absolute atomic E-state index is 10.6. The number of cyclic esters (lactones) is 1. The summed E-state index contributed by atoms with van der Waals surface area (Å²) in [7, 11) is 0. The maximum atomic E-state index is 10.6. The van der Waals surface area contributed by atoms with Gasteiger partial charge in [-0.25, -0.2) is 4.79 Å². The molecule has 1 unspecified atom stereocenters. The van der Waals surface area contributed by atoms with Crippen LogP contribution in [0.4, 0.5) is 0 Å². The van der Waals surface area contributed by atoms with Crippen LogP contribution in [0.15, 0.2) is 0 Å². The van der Waals surface area contributed by atoms with Gasteiger partial charge in [0.1, 0.15) is 6.29 Å². The number of aldehydes is 1. The van der Waals surface area contributed by atoms with Crippen molar-refractivity contribution in [1.29, 1.82) is 0 Å². The Balaban J connectivity index is 2.80. The summed E-state index contributed by atoms with van der Waals surface area (Å²) in [6, 6.07) is 0. The predicted molar refractivity (Wildman–Crippen MR) is 36.4 cm³/mol. The molecule has 1 rings (SSSR count). The maximum Gasteiger partial charge on any atom is 0.348 e. The minimum Gasteiger partial charge on any atom is -0.478 e. The third-order valence-corrected chi connectivity index (χ3v) is 1.84. The molecule has 1 saturated heterocycles. The zero-order valence-electron chi connectivity index (χ0n) is 6.28. The van der Waals surface area contributed by atoms with Crippen LogP contribution >= 0.6 is 0 Å². The molecule has 0 aromatic heterocycles. The van der Waals surface area contributed by atoms with Crippen LogP contribution in [0.2, 0.25) is 0 Å². The van der Waals surface area contributed by atoms with Crippen LogP contribution in [0.1, 0.15) is 19.3 Å². The van der Waals surface area contributed by atoms with Crippen molar-refractivity contribution < 1.29 is 24.2 Å². The van der Waals surface area contributed by atoms with Gasteiger partial charge in [0, 0.05) is 12.8 Å². The van der Waals surface area contributed by atoms with Crippen LogP contribution in [-0.2, 0) is 19.1 Å². The third-order valence-electron chi connectivity index (χ3n) is 1.84. The minimum atomic E-state index is -1.58. The molecule has 1 fully saturated rings. The molecule has 1 atom stereocenters. The molecule has 0 bridgehead atoms. The molecule has 66 valence electrons. The molecule has 0 amide bonds. The molecule has 0 spiro atoms. The first kappa shape index (κ1) is 8.70. The summed E-state index contributed by atoms with van der Waals surface area (Å²) in [6.07, 6.45) is 0.334. The van der Waals surface area contributed by atoms with E-state index in [2.05, 4.69) is 4.74 Å². The average Bonchev–Trinajstić information content (AvgIpc) is 2.34. The first-order valence-corrected chi connectivity index (χ1v) is 3.49. The minimum absolute atomic E-state index is 0.0696. The van der Waals surface area contributed by atoms with Crippen LogP contribution in [0.25, 0.3) is 0 Å². The Morgan fingerprint density at radius 2 is 2.42 bits per heavy atom. The van der Waals surface area contributed by atoms with E-state index in [-0.39, 0.29) is 19.3 Å². The fraction of sp³-hybridized carbons (Fsp3) is 0.571.